The van der Waals surface area contributed by atoms with E-state index in [2.05, 4.69) is 10.1 Å². The summed E-state index contributed by atoms with van der Waals surface area (Å²) in [4.78, 5) is 27.5. The summed E-state index contributed by atoms with van der Waals surface area (Å²) >= 11 is 5.85. The van der Waals surface area contributed by atoms with Crippen LogP contribution in [0.3, 0.4) is 0 Å². The minimum Gasteiger partial charge on any atom is -0.337 e. The molecule has 0 unspecified atom stereocenters. The molecule has 2 aromatic heterocycles. The molecule has 2 heterocycles. The van der Waals surface area contributed by atoms with Gasteiger partial charge in [-0.3, -0.25) is 19.6 Å². The first-order valence-electron chi connectivity index (χ1n) is 5.91. The van der Waals surface area contributed by atoms with Crippen LogP contribution >= 0.6 is 11.6 Å². The summed E-state index contributed by atoms with van der Waals surface area (Å²) in [6.45, 7) is 0.311. The second-order valence-corrected chi connectivity index (χ2v) is 4.83. The Morgan fingerprint density at radius 2 is 2.24 bits per heavy atom. The van der Waals surface area contributed by atoms with Gasteiger partial charge in [0.25, 0.3) is 11.6 Å². The highest BCUT2D eigenvalue weighted by atomic mass is 35.5. The lowest BCUT2D eigenvalue weighted by atomic mass is 10.2. The summed E-state index contributed by atoms with van der Waals surface area (Å²) in [5, 5.41) is 14.7. The molecule has 0 aliphatic heterocycles. The maximum atomic E-state index is 12.3. The molecule has 0 bridgehead atoms. The van der Waals surface area contributed by atoms with Crippen LogP contribution in [0.5, 0.6) is 0 Å². The lowest BCUT2D eigenvalue weighted by Crippen LogP contribution is -2.26. The molecule has 21 heavy (non-hydrogen) atoms. The molecule has 8 nitrogen and oxygen atoms in total. The fourth-order valence-corrected chi connectivity index (χ4v) is 1.98. The Kier molecular flexibility index (Phi) is 4.18. The topological polar surface area (TPSA) is 94.2 Å². The van der Waals surface area contributed by atoms with Crippen molar-refractivity contribution in [3.8, 4) is 0 Å². The van der Waals surface area contributed by atoms with Gasteiger partial charge in [0.1, 0.15) is 11.3 Å². The van der Waals surface area contributed by atoms with Crippen LogP contribution in [-0.2, 0) is 13.6 Å². The summed E-state index contributed by atoms with van der Waals surface area (Å²) < 4.78 is 1.62. The number of carbonyl (C=O) groups is 1. The zero-order chi connectivity index (χ0) is 15.6. The third-order valence-electron chi connectivity index (χ3n) is 2.79. The van der Waals surface area contributed by atoms with Crippen molar-refractivity contribution in [3.63, 3.8) is 0 Å². The number of pyridine rings is 1. The molecule has 0 fully saturated rings. The Balaban J connectivity index is 2.22. The highest BCUT2D eigenvalue weighted by Crippen LogP contribution is 2.21. The normalized spacial score (nSPS) is 10.4. The highest BCUT2D eigenvalue weighted by molar-refractivity contribution is 6.32. The number of aryl methyl sites for hydroxylation is 1. The van der Waals surface area contributed by atoms with Gasteiger partial charge in [-0.05, 0) is 0 Å². The Hall–Kier alpha value is -2.48. The van der Waals surface area contributed by atoms with E-state index in [-0.39, 0.29) is 16.4 Å². The lowest BCUT2D eigenvalue weighted by molar-refractivity contribution is -0.385. The summed E-state index contributed by atoms with van der Waals surface area (Å²) in [6, 6.07) is 1.12. The monoisotopic (exact) mass is 309 g/mol. The Morgan fingerprint density at radius 1 is 1.52 bits per heavy atom. The molecule has 0 aromatic carbocycles. The highest BCUT2D eigenvalue weighted by Gasteiger charge is 2.20. The zero-order valence-corrected chi connectivity index (χ0v) is 12.1. The first-order valence-corrected chi connectivity index (χ1v) is 6.29. The van der Waals surface area contributed by atoms with Crippen LogP contribution in [0, 0.1) is 10.1 Å². The van der Waals surface area contributed by atoms with Crippen molar-refractivity contribution in [2.45, 2.75) is 6.54 Å². The first kappa shape index (κ1) is 14.9. The van der Waals surface area contributed by atoms with E-state index < -0.39 is 10.8 Å². The van der Waals surface area contributed by atoms with E-state index in [4.69, 9.17) is 11.6 Å². The number of hydrogen-bond donors (Lipinski definition) is 0. The minimum absolute atomic E-state index is 0.00254. The molecule has 0 N–H and O–H groups in total. The molecule has 0 aliphatic carbocycles. The van der Waals surface area contributed by atoms with Gasteiger partial charge in [0, 0.05) is 38.5 Å². The van der Waals surface area contributed by atoms with E-state index in [9.17, 15) is 14.9 Å². The molecule has 9 heteroatoms. The molecule has 0 atom stereocenters. The second-order valence-electron chi connectivity index (χ2n) is 4.47. The smallest absolute Gasteiger partial charge is 0.288 e. The molecule has 0 saturated carbocycles. The maximum absolute atomic E-state index is 12.3. The molecule has 2 aromatic rings. The Labute approximate surface area is 125 Å². The van der Waals surface area contributed by atoms with Crippen molar-refractivity contribution in [1.29, 1.82) is 0 Å². The molecular formula is C12H12ClN5O3. The van der Waals surface area contributed by atoms with E-state index in [1.165, 1.54) is 4.90 Å². The van der Waals surface area contributed by atoms with E-state index in [0.717, 1.165) is 17.8 Å². The maximum Gasteiger partial charge on any atom is 0.288 e. The van der Waals surface area contributed by atoms with Crippen LogP contribution in [-0.4, -0.2) is 37.5 Å². The molecule has 2 rings (SSSR count). The number of aromatic nitrogens is 3. The summed E-state index contributed by atoms with van der Waals surface area (Å²) in [6.07, 6.45) is 4.42. The van der Waals surface area contributed by atoms with Crippen molar-refractivity contribution < 1.29 is 9.72 Å². The third-order valence-corrected chi connectivity index (χ3v) is 3.09. The average molecular weight is 310 g/mol. The molecule has 1 amide bonds. The summed E-state index contributed by atoms with van der Waals surface area (Å²) in [5.41, 5.74) is 0.553. The molecule has 0 spiro atoms. The van der Waals surface area contributed by atoms with Crippen molar-refractivity contribution in [1.82, 2.24) is 19.7 Å². The molecule has 0 radical (unpaired) electrons. The third kappa shape index (κ3) is 3.34. The van der Waals surface area contributed by atoms with Gasteiger partial charge in [-0.25, -0.2) is 4.98 Å². The van der Waals surface area contributed by atoms with Gasteiger partial charge in [0.05, 0.1) is 16.7 Å². The molecule has 0 aliphatic rings. The SMILES string of the molecule is CN(Cc1cnn(C)c1)C(=O)c1cc([N+](=O)[O-])cnc1Cl. The average Bonchev–Trinajstić information content (AvgIpc) is 2.83. The standard InChI is InChI=1S/C12H12ClN5O3/c1-16(6-8-4-15-17(2)7-8)12(19)10-3-9(18(20)21)5-14-11(10)13/h3-5,7H,6H2,1-2H3. The number of amides is 1. The van der Waals surface area contributed by atoms with Crippen LogP contribution in [0.15, 0.2) is 24.7 Å². The van der Waals surface area contributed by atoms with Gasteiger partial charge >= 0.3 is 0 Å². The van der Waals surface area contributed by atoms with E-state index in [1.807, 2.05) is 0 Å². The predicted molar refractivity (Wildman–Crippen MR) is 74.9 cm³/mol. The van der Waals surface area contributed by atoms with Gasteiger partial charge in [-0.1, -0.05) is 11.6 Å². The summed E-state index contributed by atoms with van der Waals surface area (Å²) in [7, 11) is 3.34. The lowest BCUT2D eigenvalue weighted by Gasteiger charge is -2.16. The van der Waals surface area contributed by atoms with Gasteiger partial charge in [0.15, 0.2) is 0 Å². The van der Waals surface area contributed by atoms with Gasteiger partial charge in [-0.15, -0.1) is 0 Å². The van der Waals surface area contributed by atoms with E-state index in [1.54, 1.807) is 31.2 Å². The number of carbonyl (C=O) groups excluding carboxylic acids is 1. The van der Waals surface area contributed by atoms with E-state index in [0.29, 0.717) is 6.54 Å². The molecular weight excluding hydrogens is 298 g/mol. The molecule has 110 valence electrons. The quantitative estimate of drug-likeness (QED) is 0.486. The second kappa shape index (κ2) is 5.88. The van der Waals surface area contributed by atoms with Crippen LogP contribution in [0.4, 0.5) is 5.69 Å². The van der Waals surface area contributed by atoms with E-state index >= 15 is 0 Å². The fraction of sp³-hybridized carbons (Fsp3) is 0.250. The zero-order valence-electron chi connectivity index (χ0n) is 11.4. The van der Waals surface area contributed by atoms with Crippen LogP contribution in [0.1, 0.15) is 15.9 Å². The fourth-order valence-electron chi connectivity index (χ4n) is 1.79. The van der Waals surface area contributed by atoms with Crippen LogP contribution in [0.2, 0.25) is 5.15 Å². The number of nitrogens with zero attached hydrogens (tertiary/aromatic N) is 5. The van der Waals surface area contributed by atoms with Crippen molar-refractivity contribution in [2.24, 2.45) is 7.05 Å². The van der Waals surface area contributed by atoms with Crippen LogP contribution in [0.25, 0.3) is 0 Å². The van der Waals surface area contributed by atoms with Crippen molar-refractivity contribution in [2.75, 3.05) is 7.05 Å². The first-order chi connectivity index (χ1) is 9.88. The van der Waals surface area contributed by atoms with Gasteiger partial charge < -0.3 is 4.90 Å². The summed E-state index contributed by atoms with van der Waals surface area (Å²) in [5.74, 6) is -0.444. The Morgan fingerprint density at radius 3 is 2.81 bits per heavy atom. The van der Waals surface area contributed by atoms with Gasteiger partial charge in [-0.2, -0.15) is 5.10 Å². The van der Waals surface area contributed by atoms with Gasteiger partial charge in [0.2, 0.25) is 0 Å². The predicted octanol–water partition coefficient (Wildman–Crippen LogP) is 1.65. The largest absolute Gasteiger partial charge is 0.337 e. The molecule has 0 saturated heterocycles. The van der Waals surface area contributed by atoms with Crippen molar-refractivity contribution >= 4 is 23.2 Å². The number of halogens is 1. The van der Waals surface area contributed by atoms with Crippen molar-refractivity contribution in [3.05, 3.63) is 51.1 Å². The Bertz CT molecular complexity index is 700. The number of hydrogen-bond acceptors (Lipinski definition) is 5. The minimum atomic E-state index is -0.624. The number of nitro groups is 1. The van der Waals surface area contributed by atoms with Crippen LogP contribution < -0.4 is 0 Å². The number of rotatable bonds is 4.